The van der Waals surface area contributed by atoms with Gasteiger partial charge < -0.3 is 9.84 Å². The van der Waals surface area contributed by atoms with Gasteiger partial charge in [-0.3, -0.25) is 4.98 Å². The summed E-state index contributed by atoms with van der Waals surface area (Å²) in [6, 6.07) is 9.01. The molecule has 1 unspecified atom stereocenters. The smallest absolute Gasteiger partial charge is 0.355 e. The maximum absolute atomic E-state index is 10.6. The van der Waals surface area contributed by atoms with Crippen LogP contribution >= 0.6 is 12.6 Å². The number of aliphatic carboxylic acids is 1. The van der Waals surface area contributed by atoms with Gasteiger partial charge in [0.2, 0.25) is 5.44 Å². The van der Waals surface area contributed by atoms with E-state index in [1.807, 2.05) is 18.2 Å². The van der Waals surface area contributed by atoms with Crippen LogP contribution in [0.15, 0.2) is 36.5 Å². The first-order valence-corrected chi connectivity index (χ1v) is 5.11. The first kappa shape index (κ1) is 10.8. The molecule has 0 aliphatic heterocycles. The number of benzene rings is 1. The van der Waals surface area contributed by atoms with Gasteiger partial charge in [0, 0.05) is 11.6 Å². The second-order valence-electron chi connectivity index (χ2n) is 3.14. The van der Waals surface area contributed by atoms with Crippen LogP contribution in [0.2, 0.25) is 0 Å². The van der Waals surface area contributed by atoms with E-state index in [1.54, 1.807) is 18.3 Å². The van der Waals surface area contributed by atoms with Crippen molar-refractivity contribution in [3.8, 4) is 5.75 Å². The number of thiol groups is 1. The minimum atomic E-state index is -1.19. The van der Waals surface area contributed by atoms with Gasteiger partial charge in [0.05, 0.1) is 0 Å². The molecule has 0 aliphatic rings. The van der Waals surface area contributed by atoms with Crippen molar-refractivity contribution in [3.05, 3.63) is 36.5 Å². The Morgan fingerprint density at radius 3 is 2.88 bits per heavy atom. The molecule has 2 rings (SSSR count). The quantitative estimate of drug-likeness (QED) is 0.630. The lowest BCUT2D eigenvalue weighted by atomic mass is 10.2. The number of carboxylic acid groups (broad SMARTS) is 1. The molecule has 0 fully saturated rings. The van der Waals surface area contributed by atoms with Crippen LogP contribution in [-0.4, -0.2) is 21.5 Å². The van der Waals surface area contributed by atoms with Crippen LogP contribution in [0.1, 0.15) is 0 Å². The zero-order valence-corrected chi connectivity index (χ0v) is 9.09. The first-order valence-electron chi connectivity index (χ1n) is 4.60. The molecule has 1 N–H and O–H groups in total. The van der Waals surface area contributed by atoms with Gasteiger partial charge in [-0.2, -0.15) is 0 Å². The summed E-state index contributed by atoms with van der Waals surface area (Å²) in [5, 5.41) is 9.59. The lowest BCUT2D eigenvalue weighted by Crippen LogP contribution is -2.20. The van der Waals surface area contributed by atoms with E-state index in [9.17, 15) is 4.79 Å². The summed E-state index contributed by atoms with van der Waals surface area (Å²) in [5.41, 5.74) is -0.557. The molecule has 5 heteroatoms. The van der Waals surface area contributed by atoms with Crippen LogP contribution in [0.5, 0.6) is 5.75 Å². The average Bonchev–Trinajstić information content (AvgIpc) is 2.29. The molecule has 4 nitrogen and oxygen atoms in total. The van der Waals surface area contributed by atoms with Crippen LogP contribution in [0.25, 0.3) is 10.9 Å². The van der Waals surface area contributed by atoms with Gasteiger partial charge in [0.25, 0.3) is 0 Å². The van der Waals surface area contributed by atoms with E-state index in [2.05, 4.69) is 17.6 Å². The predicted molar refractivity (Wildman–Crippen MR) is 62.8 cm³/mol. The highest BCUT2D eigenvalue weighted by atomic mass is 32.1. The fourth-order valence-corrected chi connectivity index (χ4v) is 1.46. The monoisotopic (exact) mass is 235 g/mol. The second kappa shape index (κ2) is 4.40. The number of carboxylic acids is 1. The van der Waals surface area contributed by atoms with Crippen LogP contribution in [0.3, 0.4) is 0 Å². The number of nitrogens with zero attached hydrogens (tertiary/aromatic N) is 1. The molecule has 0 amide bonds. The number of pyridine rings is 1. The third kappa shape index (κ3) is 2.09. The number of hydrogen-bond donors (Lipinski definition) is 2. The summed E-state index contributed by atoms with van der Waals surface area (Å²) >= 11 is 3.81. The van der Waals surface area contributed by atoms with Crippen LogP contribution in [-0.2, 0) is 4.79 Å². The number of carbonyl (C=O) groups is 1. The van der Waals surface area contributed by atoms with E-state index in [4.69, 9.17) is 9.84 Å². The summed E-state index contributed by atoms with van der Waals surface area (Å²) in [6.45, 7) is 0. The largest absolute Gasteiger partial charge is 0.478 e. The van der Waals surface area contributed by atoms with Gasteiger partial charge in [0.1, 0.15) is 11.3 Å². The van der Waals surface area contributed by atoms with E-state index in [0.717, 1.165) is 5.39 Å². The zero-order valence-electron chi connectivity index (χ0n) is 8.20. The first-order chi connectivity index (χ1) is 7.68. The highest BCUT2D eigenvalue weighted by Crippen LogP contribution is 2.24. The third-order valence-corrected chi connectivity index (χ3v) is 2.37. The SMILES string of the molecule is O=C(O)C(S)Oc1cccc2cccnc12. The van der Waals surface area contributed by atoms with Gasteiger partial charge in [-0.1, -0.05) is 18.2 Å². The fourth-order valence-electron chi connectivity index (χ4n) is 1.34. The van der Waals surface area contributed by atoms with Gasteiger partial charge in [-0.15, -0.1) is 12.6 Å². The van der Waals surface area contributed by atoms with E-state index in [0.29, 0.717) is 11.3 Å². The molecular weight excluding hydrogens is 226 g/mol. The number of fused-ring (bicyclic) bond motifs is 1. The number of hydrogen-bond acceptors (Lipinski definition) is 4. The maximum atomic E-state index is 10.6. The van der Waals surface area contributed by atoms with E-state index in [-0.39, 0.29) is 0 Å². The van der Waals surface area contributed by atoms with E-state index < -0.39 is 11.4 Å². The highest BCUT2D eigenvalue weighted by Gasteiger charge is 2.15. The van der Waals surface area contributed by atoms with Crippen molar-refractivity contribution < 1.29 is 14.6 Å². The number of aromatic nitrogens is 1. The Bertz CT molecular complexity index is 524. The molecule has 0 saturated heterocycles. The Kier molecular flexibility index (Phi) is 2.96. The van der Waals surface area contributed by atoms with Crippen molar-refractivity contribution in [2.45, 2.75) is 5.44 Å². The van der Waals surface area contributed by atoms with E-state index >= 15 is 0 Å². The topological polar surface area (TPSA) is 59.4 Å². The standard InChI is InChI=1S/C11H9NO3S/c13-10(14)11(16)15-8-5-1-3-7-4-2-6-12-9(7)8/h1-6,11,16H,(H,13,14). The van der Waals surface area contributed by atoms with Gasteiger partial charge in [-0.05, 0) is 12.1 Å². The van der Waals surface area contributed by atoms with Crippen molar-refractivity contribution in [1.29, 1.82) is 0 Å². The number of para-hydroxylation sites is 1. The van der Waals surface area contributed by atoms with Crippen molar-refractivity contribution in [3.63, 3.8) is 0 Å². The number of rotatable bonds is 3. The maximum Gasteiger partial charge on any atom is 0.355 e. The summed E-state index contributed by atoms with van der Waals surface area (Å²) in [4.78, 5) is 14.8. The zero-order chi connectivity index (χ0) is 11.5. The minimum Gasteiger partial charge on any atom is -0.478 e. The Morgan fingerprint density at radius 1 is 1.38 bits per heavy atom. The van der Waals surface area contributed by atoms with Crippen molar-refractivity contribution >= 4 is 29.5 Å². The lowest BCUT2D eigenvalue weighted by Gasteiger charge is -2.10. The Balaban J connectivity index is 2.41. The third-order valence-electron chi connectivity index (χ3n) is 2.05. The van der Waals surface area contributed by atoms with Crippen molar-refractivity contribution in [2.24, 2.45) is 0 Å². The Labute approximate surface area is 97.3 Å². The number of ether oxygens (including phenoxy) is 1. The lowest BCUT2D eigenvalue weighted by molar-refractivity contribution is -0.140. The summed E-state index contributed by atoms with van der Waals surface area (Å²) < 4.78 is 5.19. The molecule has 1 aromatic carbocycles. The van der Waals surface area contributed by atoms with Crippen LogP contribution < -0.4 is 4.74 Å². The summed E-state index contributed by atoms with van der Waals surface area (Å²) in [7, 11) is 0. The Hall–Kier alpha value is -1.75. The molecule has 1 aromatic heterocycles. The minimum absolute atomic E-state index is 0.417. The molecule has 2 aromatic rings. The normalized spacial score (nSPS) is 12.3. The van der Waals surface area contributed by atoms with Crippen LogP contribution in [0, 0.1) is 0 Å². The molecular formula is C11H9NO3S. The fraction of sp³-hybridized carbons (Fsp3) is 0.0909. The molecule has 82 valence electrons. The molecule has 0 spiro atoms. The van der Waals surface area contributed by atoms with Crippen LogP contribution in [0.4, 0.5) is 0 Å². The molecule has 0 radical (unpaired) electrons. The highest BCUT2D eigenvalue weighted by molar-refractivity contribution is 7.81. The average molecular weight is 235 g/mol. The predicted octanol–water partition coefficient (Wildman–Crippen LogP) is 1.95. The molecule has 0 saturated carbocycles. The second-order valence-corrected chi connectivity index (χ2v) is 3.61. The van der Waals surface area contributed by atoms with Gasteiger partial charge in [0.15, 0.2) is 0 Å². The summed E-state index contributed by atoms with van der Waals surface area (Å²) in [5.74, 6) is -0.711. The molecule has 0 aliphatic carbocycles. The molecule has 1 heterocycles. The summed E-state index contributed by atoms with van der Waals surface area (Å²) in [6.07, 6.45) is 1.63. The van der Waals surface area contributed by atoms with Crippen molar-refractivity contribution in [2.75, 3.05) is 0 Å². The van der Waals surface area contributed by atoms with E-state index in [1.165, 1.54) is 0 Å². The molecule has 0 bridgehead atoms. The molecule has 16 heavy (non-hydrogen) atoms. The van der Waals surface area contributed by atoms with Gasteiger partial charge in [-0.25, -0.2) is 4.79 Å². The molecule has 1 atom stereocenters. The van der Waals surface area contributed by atoms with Crippen molar-refractivity contribution in [1.82, 2.24) is 4.98 Å². The van der Waals surface area contributed by atoms with Gasteiger partial charge >= 0.3 is 5.97 Å². The Morgan fingerprint density at radius 2 is 2.12 bits per heavy atom.